The second kappa shape index (κ2) is 8.21. The van der Waals surface area contributed by atoms with E-state index in [4.69, 9.17) is 26.1 Å². The van der Waals surface area contributed by atoms with Gasteiger partial charge in [-0.1, -0.05) is 0 Å². The summed E-state index contributed by atoms with van der Waals surface area (Å²) in [4.78, 5) is 29.3. The highest BCUT2D eigenvalue weighted by Gasteiger charge is 2.20. The quantitative estimate of drug-likeness (QED) is 0.330. The van der Waals surface area contributed by atoms with Crippen molar-refractivity contribution in [1.82, 2.24) is 20.3 Å². The molecule has 11 heteroatoms. The van der Waals surface area contributed by atoms with Crippen molar-refractivity contribution in [3.63, 3.8) is 0 Å². The molecule has 2 rings (SSSR count). The number of fused-ring (bicyclic) bond motifs is 1. The molecule has 0 amide bonds. The van der Waals surface area contributed by atoms with Crippen molar-refractivity contribution in [3.05, 3.63) is 17.0 Å². The molecule has 0 fully saturated rings. The zero-order valence-corrected chi connectivity index (χ0v) is 16.5. The van der Waals surface area contributed by atoms with E-state index in [1.165, 1.54) is 0 Å². The van der Waals surface area contributed by atoms with Gasteiger partial charge >= 0.3 is 7.60 Å². The zero-order valence-electron chi connectivity index (χ0n) is 14.9. The molecule has 0 saturated carbocycles. The number of nitrogens with zero attached hydrogens (tertiary/aromatic N) is 2. The van der Waals surface area contributed by atoms with Gasteiger partial charge in [0, 0.05) is 24.3 Å². The van der Waals surface area contributed by atoms with Crippen LogP contribution in [0.25, 0.3) is 11.0 Å². The summed E-state index contributed by atoms with van der Waals surface area (Å²) in [6.45, 7) is 5.78. The normalized spacial score (nSPS) is 14.0. The predicted molar refractivity (Wildman–Crippen MR) is 98.5 cm³/mol. The molecule has 2 aromatic rings. The third-order valence-corrected chi connectivity index (χ3v) is 4.53. The summed E-state index contributed by atoms with van der Waals surface area (Å²) in [5, 5.41) is 12.5. The minimum Gasteiger partial charge on any atom is -0.470 e. The van der Waals surface area contributed by atoms with Crippen molar-refractivity contribution in [3.8, 4) is 5.88 Å². The first kappa shape index (κ1) is 21.1. The van der Waals surface area contributed by atoms with Crippen LogP contribution >= 0.6 is 19.2 Å². The lowest BCUT2D eigenvalue weighted by atomic mass is 10.2. The van der Waals surface area contributed by atoms with Crippen LogP contribution in [0, 0.1) is 0 Å². The first-order valence-electron chi connectivity index (χ1n) is 8.10. The van der Waals surface area contributed by atoms with Crippen molar-refractivity contribution < 1.29 is 24.2 Å². The molecule has 0 bridgehead atoms. The average Bonchev–Trinajstić information content (AvgIpc) is 2.88. The van der Waals surface area contributed by atoms with Crippen LogP contribution in [-0.4, -0.2) is 54.3 Å². The van der Waals surface area contributed by atoms with Crippen molar-refractivity contribution >= 4 is 30.2 Å². The molecule has 0 saturated heterocycles. The van der Waals surface area contributed by atoms with Gasteiger partial charge in [-0.05, 0) is 38.8 Å². The molecule has 2 heterocycles. The van der Waals surface area contributed by atoms with Crippen LogP contribution in [0.5, 0.6) is 5.88 Å². The van der Waals surface area contributed by atoms with Crippen LogP contribution < -0.4 is 10.1 Å². The smallest absolute Gasteiger partial charge is 0.325 e. The number of ether oxygens (including phenoxy) is 1. The highest BCUT2D eigenvalue weighted by atomic mass is 35.5. The van der Waals surface area contributed by atoms with Gasteiger partial charge in [-0.25, -0.2) is 4.98 Å². The van der Waals surface area contributed by atoms with E-state index >= 15 is 0 Å². The third kappa shape index (κ3) is 6.19. The molecule has 0 unspecified atom stereocenters. The summed E-state index contributed by atoms with van der Waals surface area (Å²) in [5.74, 6) is 0.346. The molecule has 26 heavy (non-hydrogen) atoms. The number of aromatic nitrogens is 3. The number of aliphatic hydroxyl groups is 1. The van der Waals surface area contributed by atoms with Gasteiger partial charge < -0.3 is 29.9 Å². The first-order valence-corrected chi connectivity index (χ1v) is 10.3. The molecule has 2 aromatic heterocycles. The maximum atomic E-state index is 11.0. The van der Waals surface area contributed by atoms with Gasteiger partial charge in [0.2, 0.25) is 11.2 Å². The molecule has 146 valence electrons. The Morgan fingerprint density at radius 1 is 1.38 bits per heavy atom. The van der Waals surface area contributed by atoms with Gasteiger partial charge in [-0.3, -0.25) is 4.57 Å². The standard InChI is InChI=1S/C15H24ClN4O5P/c1-15(2,3)25-13-12-11(19-14(16)20-13)9(7-18-12)6-17-10(8-21)4-5-26(22,23)24/h7,10,17-18,21H,4-6,8H2,1-3H3,(H2,22,23,24)/t10-/m0/s1. The van der Waals surface area contributed by atoms with Gasteiger partial charge in [0.05, 0.1) is 12.8 Å². The van der Waals surface area contributed by atoms with Crippen molar-refractivity contribution in [2.24, 2.45) is 0 Å². The molecule has 0 radical (unpaired) electrons. The van der Waals surface area contributed by atoms with Crippen molar-refractivity contribution in [2.75, 3.05) is 12.8 Å². The molecular weight excluding hydrogens is 383 g/mol. The van der Waals surface area contributed by atoms with Crippen LogP contribution in [0.4, 0.5) is 0 Å². The fourth-order valence-electron chi connectivity index (χ4n) is 2.34. The van der Waals surface area contributed by atoms with E-state index in [1.54, 1.807) is 6.20 Å². The van der Waals surface area contributed by atoms with Crippen molar-refractivity contribution in [2.45, 2.75) is 45.4 Å². The van der Waals surface area contributed by atoms with E-state index in [0.29, 0.717) is 23.5 Å². The van der Waals surface area contributed by atoms with E-state index in [0.717, 1.165) is 5.56 Å². The second-order valence-corrected chi connectivity index (χ2v) is 9.10. The van der Waals surface area contributed by atoms with Crippen LogP contribution in [0.1, 0.15) is 32.8 Å². The van der Waals surface area contributed by atoms with Crippen LogP contribution in [-0.2, 0) is 11.1 Å². The van der Waals surface area contributed by atoms with Crippen molar-refractivity contribution in [1.29, 1.82) is 0 Å². The fraction of sp³-hybridized carbons (Fsp3) is 0.600. The number of hydrogen-bond donors (Lipinski definition) is 5. The van der Waals surface area contributed by atoms with E-state index in [1.807, 2.05) is 20.8 Å². The van der Waals surface area contributed by atoms with E-state index in [2.05, 4.69) is 20.3 Å². The first-order chi connectivity index (χ1) is 12.0. The Bertz CT molecular complexity index is 801. The summed E-state index contributed by atoms with van der Waals surface area (Å²) in [7, 11) is -4.10. The highest BCUT2D eigenvalue weighted by Crippen LogP contribution is 2.35. The van der Waals surface area contributed by atoms with Gasteiger partial charge in [0.1, 0.15) is 16.6 Å². The topological polar surface area (TPSA) is 141 Å². The number of aliphatic hydroxyl groups excluding tert-OH is 1. The Labute approximate surface area is 156 Å². The Hall–Kier alpha value is -1.22. The second-order valence-electron chi connectivity index (χ2n) is 6.99. The molecule has 0 aliphatic heterocycles. The molecule has 1 atom stereocenters. The number of halogens is 1. The number of rotatable bonds is 8. The van der Waals surface area contributed by atoms with E-state index in [-0.39, 0.29) is 24.5 Å². The van der Waals surface area contributed by atoms with Crippen LogP contribution in [0.3, 0.4) is 0 Å². The summed E-state index contributed by atoms with van der Waals surface area (Å²) in [6, 6.07) is -0.449. The van der Waals surface area contributed by atoms with Gasteiger partial charge in [0.15, 0.2) is 0 Å². The molecular formula is C15H24ClN4O5P. The molecule has 0 spiro atoms. The summed E-state index contributed by atoms with van der Waals surface area (Å²) in [5.41, 5.74) is 1.51. The Morgan fingerprint density at radius 2 is 2.08 bits per heavy atom. The Balaban J connectivity index is 2.16. The number of hydrogen-bond acceptors (Lipinski definition) is 6. The van der Waals surface area contributed by atoms with Gasteiger partial charge in [-0.2, -0.15) is 4.98 Å². The largest absolute Gasteiger partial charge is 0.470 e. The molecule has 0 aliphatic carbocycles. The molecule has 0 aliphatic rings. The van der Waals surface area contributed by atoms with Crippen LogP contribution in [0.15, 0.2) is 6.20 Å². The van der Waals surface area contributed by atoms with E-state index < -0.39 is 19.2 Å². The van der Waals surface area contributed by atoms with Crippen LogP contribution in [0.2, 0.25) is 5.28 Å². The summed E-state index contributed by atoms with van der Waals surface area (Å²) >= 11 is 6.01. The Kier molecular flexibility index (Phi) is 6.65. The number of nitrogens with one attached hydrogen (secondary N) is 2. The minimum atomic E-state index is -4.10. The monoisotopic (exact) mass is 406 g/mol. The lowest BCUT2D eigenvalue weighted by Gasteiger charge is -2.20. The average molecular weight is 407 g/mol. The van der Waals surface area contributed by atoms with E-state index in [9.17, 15) is 9.67 Å². The maximum Gasteiger partial charge on any atom is 0.325 e. The Morgan fingerprint density at radius 3 is 2.65 bits per heavy atom. The highest BCUT2D eigenvalue weighted by molar-refractivity contribution is 7.51. The lowest BCUT2D eigenvalue weighted by molar-refractivity contribution is 0.126. The summed E-state index contributed by atoms with van der Waals surface area (Å²) < 4.78 is 16.8. The number of H-pyrrole nitrogens is 1. The fourth-order valence-corrected chi connectivity index (χ4v) is 3.15. The number of aromatic amines is 1. The zero-order chi connectivity index (χ0) is 19.5. The van der Waals surface area contributed by atoms with Gasteiger partial charge in [-0.15, -0.1) is 0 Å². The summed E-state index contributed by atoms with van der Waals surface area (Å²) in [6.07, 6.45) is 1.59. The molecule has 5 N–H and O–H groups in total. The molecule has 9 nitrogen and oxygen atoms in total. The van der Waals surface area contributed by atoms with Gasteiger partial charge in [0.25, 0.3) is 0 Å². The molecule has 0 aromatic carbocycles. The predicted octanol–water partition coefficient (Wildman–Crippen LogP) is 1.81. The minimum absolute atomic E-state index is 0.0535. The maximum absolute atomic E-state index is 11.0. The SMILES string of the molecule is CC(C)(C)Oc1nc(Cl)nc2c(CN[C@H](CO)CCP(=O)(O)O)c[nH]c12. The lowest BCUT2D eigenvalue weighted by Crippen LogP contribution is -2.32. The third-order valence-electron chi connectivity index (χ3n) is 3.52.